The van der Waals surface area contributed by atoms with Crippen LogP contribution in [0.5, 0.6) is 0 Å². The lowest BCUT2D eigenvalue weighted by atomic mass is 9.83. The summed E-state index contributed by atoms with van der Waals surface area (Å²) in [5, 5.41) is 0. The number of carbonyl (C=O) groups excluding carboxylic acids is 2. The zero-order valence-electron chi connectivity index (χ0n) is 12.8. The summed E-state index contributed by atoms with van der Waals surface area (Å²) >= 11 is 0. The van der Waals surface area contributed by atoms with Crippen molar-refractivity contribution >= 4 is 11.8 Å². The molecule has 1 aromatic rings. The van der Waals surface area contributed by atoms with Crippen LogP contribution in [0.1, 0.15) is 37.3 Å². The first-order chi connectivity index (χ1) is 10.6. The van der Waals surface area contributed by atoms with Crippen molar-refractivity contribution in [1.29, 1.82) is 0 Å². The average molecular weight is 304 g/mol. The molecule has 0 aliphatic carbocycles. The summed E-state index contributed by atoms with van der Waals surface area (Å²) in [5.74, 6) is -0.671. The molecule has 0 unspecified atom stereocenters. The second-order valence-corrected chi connectivity index (χ2v) is 6.15. The monoisotopic (exact) mass is 304 g/mol. The lowest BCUT2D eigenvalue weighted by Crippen LogP contribution is -2.47. The molecular weight excluding hydrogens is 283 g/mol. The van der Waals surface area contributed by atoms with Crippen LogP contribution in [0.2, 0.25) is 0 Å². The Morgan fingerprint density at radius 2 is 1.91 bits per heavy atom. The summed E-state index contributed by atoms with van der Waals surface area (Å²) in [6, 6.07) is 5.94. The van der Waals surface area contributed by atoms with E-state index in [1.54, 1.807) is 30.1 Å². The zero-order chi connectivity index (χ0) is 15.7. The zero-order valence-corrected chi connectivity index (χ0v) is 12.8. The first-order valence-corrected chi connectivity index (χ1v) is 7.88. The number of nitrogens with zero attached hydrogens (tertiary/aromatic N) is 2. The summed E-state index contributed by atoms with van der Waals surface area (Å²) in [6.07, 6.45) is 2.90. The van der Waals surface area contributed by atoms with E-state index in [2.05, 4.69) is 0 Å². The fraction of sp³-hybridized carbons (Fsp3) is 0.529. The fourth-order valence-corrected chi connectivity index (χ4v) is 3.61. The SMILES string of the molecule is CN1C(=O)CC[C@H](C(=O)N2CCCC2)[C@@H]1c1ccccc1F. The summed E-state index contributed by atoms with van der Waals surface area (Å²) < 4.78 is 14.2. The summed E-state index contributed by atoms with van der Waals surface area (Å²) in [7, 11) is 1.67. The Bertz CT molecular complexity index is 584. The minimum atomic E-state index is -0.504. The van der Waals surface area contributed by atoms with Crippen LogP contribution >= 0.6 is 0 Å². The molecule has 2 heterocycles. The van der Waals surface area contributed by atoms with Gasteiger partial charge in [0, 0.05) is 32.1 Å². The lowest BCUT2D eigenvalue weighted by molar-refractivity contribution is -0.146. The van der Waals surface area contributed by atoms with Crippen LogP contribution in [0, 0.1) is 11.7 Å². The highest BCUT2D eigenvalue weighted by Crippen LogP contribution is 2.38. The maximum absolute atomic E-state index is 14.2. The van der Waals surface area contributed by atoms with Crippen LogP contribution in [-0.4, -0.2) is 41.8 Å². The molecule has 5 heteroatoms. The van der Waals surface area contributed by atoms with Gasteiger partial charge in [-0.1, -0.05) is 18.2 Å². The Hall–Kier alpha value is -1.91. The van der Waals surface area contributed by atoms with Crippen molar-refractivity contribution in [2.45, 2.75) is 31.7 Å². The molecule has 2 aliphatic heterocycles. The minimum Gasteiger partial charge on any atom is -0.342 e. The van der Waals surface area contributed by atoms with Crippen molar-refractivity contribution < 1.29 is 14.0 Å². The molecule has 22 heavy (non-hydrogen) atoms. The van der Waals surface area contributed by atoms with Gasteiger partial charge in [0.1, 0.15) is 5.82 Å². The molecule has 4 nitrogen and oxygen atoms in total. The van der Waals surface area contributed by atoms with E-state index in [-0.39, 0.29) is 23.5 Å². The lowest BCUT2D eigenvalue weighted by Gasteiger charge is -2.40. The fourth-order valence-electron chi connectivity index (χ4n) is 3.61. The molecule has 0 saturated carbocycles. The average Bonchev–Trinajstić information content (AvgIpc) is 3.04. The first-order valence-electron chi connectivity index (χ1n) is 7.88. The van der Waals surface area contributed by atoms with Gasteiger partial charge in [0.25, 0.3) is 0 Å². The van der Waals surface area contributed by atoms with Gasteiger partial charge in [0.2, 0.25) is 11.8 Å². The van der Waals surface area contributed by atoms with E-state index >= 15 is 0 Å². The number of rotatable bonds is 2. The predicted molar refractivity (Wildman–Crippen MR) is 80.4 cm³/mol. The van der Waals surface area contributed by atoms with Crippen molar-refractivity contribution in [2.75, 3.05) is 20.1 Å². The highest BCUT2D eigenvalue weighted by atomic mass is 19.1. The number of benzene rings is 1. The standard InChI is InChI=1S/C17H21FN2O2/c1-19-15(21)9-8-13(17(22)20-10-4-5-11-20)16(19)12-6-2-3-7-14(12)18/h2-3,6-7,13,16H,4-5,8-11H2,1H3/t13-,16-/m0/s1. The number of hydrogen-bond acceptors (Lipinski definition) is 2. The van der Waals surface area contributed by atoms with E-state index < -0.39 is 6.04 Å². The maximum atomic E-state index is 14.2. The van der Waals surface area contributed by atoms with Crippen molar-refractivity contribution in [1.82, 2.24) is 9.80 Å². The molecule has 2 saturated heterocycles. The molecule has 0 bridgehead atoms. The van der Waals surface area contributed by atoms with E-state index in [0.29, 0.717) is 18.4 Å². The summed E-state index contributed by atoms with van der Waals surface area (Å²) in [5.41, 5.74) is 0.440. The quantitative estimate of drug-likeness (QED) is 0.841. The maximum Gasteiger partial charge on any atom is 0.228 e. The van der Waals surface area contributed by atoms with Gasteiger partial charge in [0.05, 0.1) is 12.0 Å². The smallest absolute Gasteiger partial charge is 0.228 e. The van der Waals surface area contributed by atoms with Gasteiger partial charge in [-0.05, 0) is 25.3 Å². The molecule has 2 aliphatic rings. The van der Waals surface area contributed by atoms with Gasteiger partial charge in [-0.25, -0.2) is 4.39 Å². The van der Waals surface area contributed by atoms with Crippen molar-refractivity contribution in [3.05, 3.63) is 35.6 Å². The number of carbonyl (C=O) groups is 2. The van der Waals surface area contributed by atoms with Gasteiger partial charge in [-0.2, -0.15) is 0 Å². The van der Waals surface area contributed by atoms with Gasteiger partial charge >= 0.3 is 0 Å². The second-order valence-electron chi connectivity index (χ2n) is 6.15. The van der Waals surface area contributed by atoms with Crippen LogP contribution in [0.25, 0.3) is 0 Å². The number of amides is 2. The van der Waals surface area contributed by atoms with E-state index in [1.165, 1.54) is 6.07 Å². The van der Waals surface area contributed by atoms with Gasteiger partial charge in [-0.3, -0.25) is 9.59 Å². The Morgan fingerprint density at radius 1 is 1.23 bits per heavy atom. The van der Waals surface area contributed by atoms with Gasteiger partial charge < -0.3 is 9.80 Å². The number of hydrogen-bond donors (Lipinski definition) is 0. The first kappa shape index (κ1) is 15.0. The molecule has 3 rings (SSSR count). The van der Waals surface area contributed by atoms with Crippen LogP contribution in [0.3, 0.4) is 0 Å². The van der Waals surface area contributed by atoms with E-state index in [1.807, 2.05) is 4.90 Å². The van der Waals surface area contributed by atoms with Crippen LogP contribution in [0.4, 0.5) is 4.39 Å². The topological polar surface area (TPSA) is 40.6 Å². The molecule has 0 spiro atoms. The molecule has 2 atom stereocenters. The third kappa shape index (κ3) is 2.60. The minimum absolute atomic E-state index is 0.0290. The van der Waals surface area contributed by atoms with E-state index in [9.17, 15) is 14.0 Å². The van der Waals surface area contributed by atoms with E-state index in [0.717, 1.165) is 25.9 Å². The van der Waals surface area contributed by atoms with E-state index in [4.69, 9.17) is 0 Å². The Labute approximate surface area is 129 Å². The molecular formula is C17H21FN2O2. The van der Waals surface area contributed by atoms with Crippen LogP contribution in [0.15, 0.2) is 24.3 Å². The number of piperidine rings is 1. The third-order valence-corrected chi connectivity index (χ3v) is 4.82. The highest BCUT2D eigenvalue weighted by molar-refractivity contribution is 5.85. The normalized spacial score (nSPS) is 25.6. The molecule has 0 radical (unpaired) electrons. The largest absolute Gasteiger partial charge is 0.342 e. The summed E-state index contributed by atoms with van der Waals surface area (Å²) in [6.45, 7) is 1.55. The van der Waals surface area contributed by atoms with Gasteiger partial charge in [-0.15, -0.1) is 0 Å². The number of halogens is 1. The second kappa shape index (κ2) is 6.07. The summed E-state index contributed by atoms with van der Waals surface area (Å²) in [4.78, 5) is 28.3. The Balaban J connectivity index is 1.94. The predicted octanol–water partition coefficient (Wildman–Crippen LogP) is 2.36. The molecule has 0 N–H and O–H groups in total. The molecule has 2 amide bonds. The highest BCUT2D eigenvalue weighted by Gasteiger charge is 2.41. The van der Waals surface area contributed by atoms with Gasteiger partial charge in [0.15, 0.2) is 0 Å². The third-order valence-electron chi connectivity index (χ3n) is 4.82. The molecule has 1 aromatic carbocycles. The molecule has 118 valence electrons. The van der Waals surface area contributed by atoms with Crippen molar-refractivity contribution in [3.63, 3.8) is 0 Å². The Kier molecular flexibility index (Phi) is 4.14. The molecule has 0 aromatic heterocycles. The van der Waals surface area contributed by atoms with Crippen LogP contribution < -0.4 is 0 Å². The Morgan fingerprint density at radius 3 is 2.59 bits per heavy atom. The van der Waals surface area contributed by atoms with Crippen molar-refractivity contribution in [3.8, 4) is 0 Å². The van der Waals surface area contributed by atoms with Crippen molar-refractivity contribution in [2.24, 2.45) is 5.92 Å². The molecule has 2 fully saturated rings. The van der Waals surface area contributed by atoms with Crippen LogP contribution in [-0.2, 0) is 9.59 Å². The number of likely N-dealkylation sites (tertiary alicyclic amines) is 2.